The summed E-state index contributed by atoms with van der Waals surface area (Å²) in [6, 6.07) is 7.63. The third-order valence-corrected chi connectivity index (χ3v) is 3.81. The molecule has 0 spiro atoms. The molecular weight excluding hydrogens is 381 g/mol. The van der Waals surface area contributed by atoms with Crippen molar-refractivity contribution in [3.05, 3.63) is 35.6 Å². The molecule has 0 aliphatic heterocycles. The van der Waals surface area contributed by atoms with Crippen LogP contribution < -0.4 is 24.0 Å². The number of nitrogens with zero attached hydrogens (tertiary/aromatic N) is 1. The van der Waals surface area contributed by atoms with Crippen LogP contribution in [-0.4, -0.2) is 44.2 Å². The lowest BCUT2D eigenvalue weighted by Gasteiger charge is -2.27. The first kappa shape index (κ1) is 18.0. The molecule has 0 bridgehead atoms. The summed E-state index contributed by atoms with van der Waals surface area (Å²) in [5.41, 5.74) is 1.57. The van der Waals surface area contributed by atoms with Crippen LogP contribution in [0, 0.1) is 6.92 Å². The summed E-state index contributed by atoms with van der Waals surface area (Å²) in [4.78, 5) is 12.1. The summed E-state index contributed by atoms with van der Waals surface area (Å²) in [5, 5.41) is 0.962. The van der Waals surface area contributed by atoms with E-state index in [-0.39, 0.29) is 29.9 Å². The van der Waals surface area contributed by atoms with E-state index in [0.717, 1.165) is 34.1 Å². The number of likely N-dealkylation sites (N-methyl/N-ethyl adjacent to an activating group) is 1. The number of carbonyl (C=O) groups is 1. The molecule has 0 saturated carbocycles. The smallest absolute Gasteiger partial charge is 0.374 e. The number of halogens is 1. The van der Waals surface area contributed by atoms with Gasteiger partial charge in [-0.1, -0.05) is 18.2 Å². The van der Waals surface area contributed by atoms with Crippen molar-refractivity contribution in [2.75, 3.05) is 33.8 Å². The lowest BCUT2D eigenvalue weighted by molar-refractivity contribution is -0.888. The number of fused-ring (bicyclic) bond motifs is 1. The van der Waals surface area contributed by atoms with Gasteiger partial charge in [-0.05, 0) is 19.9 Å². The standard InChI is InChI=1S/C16H22NO3.HI/c1-5-17(3,4)10-11-19-16(18)15-12(2)13-8-6-7-9-14(13)20-15;/h6-9H,5,10-11H2,1-4H3;1H/q+1;/p-1. The molecule has 0 aliphatic rings. The molecule has 0 amide bonds. The minimum absolute atomic E-state index is 0. The van der Waals surface area contributed by atoms with Gasteiger partial charge >= 0.3 is 5.97 Å². The first-order valence-corrected chi connectivity index (χ1v) is 6.92. The maximum absolute atomic E-state index is 12.1. The fourth-order valence-corrected chi connectivity index (χ4v) is 1.98. The lowest BCUT2D eigenvalue weighted by Crippen LogP contribution is -3.00. The van der Waals surface area contributed by atoms with Gasteiger partial charge in [-0.15, -0.1) is 0 Å². The van der Waals surface area contributed by atoms with Crippen LogP contribution >= 0.6 is 0 Å². The molecule has 0 unspecified atom stereocenters. The summed E-state index contributed by atoms with van der Waals surface area (Å²) < 4.78 is 11.7. The zero-order valence-electron chi connectivity index (χ0n) is 13.0. The highest BCUT2D eigenvalue weighted by atomic mass is 127. The van der Waals surface area contributed by atoms with E-state index in [1.807, 2.05) is 31.2 Å². The fraction of sp³-hybridized carbons (Fsp3) is 0.438. The molecule has 2 rings (SSSR count). The van der Waals surface area contributed by atoms with Gasteiger partial charge in [-0.2, -0.15) is 0 Å². The molecule has 0 radical (unpaired) electrons. The number of quaternary nitrogens is 1. The van der Waals surface area contributed by atoms with Gasteiger partial charge in [-0.25, -0.2) is 4.79 Å². The zero-order chi connectivity index (χ0) is 14.8. The van der Waals surface area contributed by atoms with Gasteiger partial charge in [0, 0.05) is 10.9 Å². The van der Waals surface area contributed by atoms with Gasteiger partial charge in [0.15, 0.2) is 0 Å². The van der Waals surface area contributed by atoms with E-state index in [9.17, 15) is 4.79 Å². The Morgan fingerprint density at radius 3 is 2.57 bits per heavy atom. The van der Waals surface area contributed by atoms with Gasteiger partial charge in [-0.3, -0.25) is 0 Å². The van der Waals surface area contributed by atoms with Crippen LogP contribution in [-0.2, 0) is 4.74 Å². The summed E-state index contributed by atoms with van der Waals surface area (Å²) in [5.74, 6) is -0.0668. The van der Waals surface area contributed by atoms with E-state index in [2.05, 4.69) is 21.0 Å². The quantitative estimate of drug-likeness (QED) is 0.401. The molecule has 2 aromatic rings. The predicted molar refractivity (Wildman–Crippen MR) is 78.7 cm³/mol. The molecule has 1 aromatic heterocycles. The highest BCUT2D eigenvalue weighted by Gasteiger charge is 2.20. The van der Waals surface area contributed by atoms with Crippen LogP contribution in [0.5, 0.6) is 0 Å². The monoisotopic (exact) mass is 403 g/mol. The van der Waals surface area contributed by atoms with Crippen molar-refractivity contribution < 1.29 is 42.4 Å². The second kappa shape index (κ2) is 7.26. The Balaban J connectivity index is 0.00000220. The van der Waals surface area contributed by atoms with Crippen molar-refractivity contribution >= 4 is 16.9 Å². The first-order chi connectivity index (χ1) is 9.44. The minimum atomic E-state index is -0.380. The number of benzene rings is 1. The number of carbonyl (C=O) groups excluding carboxylic acids is 1. The number of aryl methyl sites for hydroxylation is 1. The van der Waals surface area contributed by atoms with Crippen molar-refractivity contribution in [2.24, 2.45) is 0 Å². The van der Waals surface area contributed by atoms with E-state index in [4.69, 9.17) is 9.15 Å². The molecule has 5 heteroatoms. The van der Waals surface area contributed by atoms with Crippen LogP contribution in [0.4, 0.5) is 0 Å². The number of hydrogen-bond acceptors (Lipinski definition) is 3. The van der Waals surface area contributed by atoms with E-state index in [1.54, 1.807) is 0 Å². The molecule has 0 N–H and O–H groups in total. The van der Waals surface area contributed by atoms with E-state index in [0.29, 0.717) is 12.4 Å². The third-order valence-electron chi connectivity index (χ3n) is 3.81. The first-order valence-electron chi connectivity index (χ1n) is 6.92. The van der Waals surface area contributed by atoms with Gasteiger partial charge in [0.05, 0.1) is 20.6 Å². The molecule has 0 fully saturated rings. The Morgan fingerprint density at radius 1 is 1.29 bits per heavy atom. The highest BCUT2D eigenvalue weighted by molar-refractivity contribution is 5.95. The van der Waals surface area contributed by atoms with Gasteiger partial charge in [0.2, 0.25) is 5.76 Å². The van der Waals surface area contributed by atoms with E-state index < -0.39 is 0 Å². The van der Waals surface area contributed by atoms with E-state index in [1.165, 1.54) is 0 Å². The van der Waals surface area contributed by atoms with E-state index >= 15 is 0 Å². The average molecular weight is 403 g/mol. The number of esters is 1. The normalized spacial score (nSPS) is 11.2. The molecule has 0 saturated heterocycles. The van der Waals surface area contributed by atoms with Crippen LogP contribution in [0.2, 0.25) is 0 Å². The maximum atomic E-state index is 12.1. The van der Waals surface area contributed by atoms with Crippen molar-refractivity contribution in [1.29, 1.82) is 0 Å². The van der Waals surface area contributed by atoms with Crippen molar-refractivity contribution in [3.63, 3.8) is 0 Å². The Bertz CT molecular complexity index is 619. The van der Waals surface area contributed by atoms with Crippen molar-refractivity contribution in [3.8, 4) is 0 Å². The number of rotatable bonds is 5. The Hall–Kier alpha value is -1.08. The van der Waals surface area contributed by atoms with Crippen LogP contribution in [0.3, 0.4) is 0 Å². The molecule has 116 valence electrons. The number of ether oxygens (including phenoxy) is 1. The summed E-state index contributed by atoms with van der Waals surface area (Å²) in [6.07, 6.45) is 0. The predicted octanol–water partition coefficient (Wildman–Crippen LogP) is -0.00168. The maximum Gasteiger partial charge on any atom is 0.374 e. The molecule has 4 nitrogen and oxygen atoms in total. The molecular formula is C16H22INO3. The topological polar surface area (TPSA) is 39.4 Å². The Labute approximate surface area is 142 Å². The van der Waals surface area contributed by atoms with Crippen molar-refractivity contribution in [2.45, 2.75) is 13.8 Å². The number of para-hydroxylation sites is 1. The Kier molecular flexibility index (Phi) is 6.22. The minimum Gasteiger partial charge on any atom is -1.00 e. The molecule has 1 heterocycles. The van der Waals surface area contributed by atoms with Gasteiger partial charge in [0.25, 0.3) is 0 Å². The number of furan rings is 1. The van der Waals surface area contributed by atoms with Gasteiger partial charge < -0.3 is 37.6 Å². The second-order valence-corrected chi connectivity index (χ2v) is 5.66. The van der Waals surface area contributed by atoms with Crippen LogP contribution in [0.1, 0.15) is 23.0 Å². The fourth-order valence-electron chi connectivity index (χ4n) is 1.98. The third kappa shape index (κ3) is 4.20. The second-order valence-electron chi connectivity index (χ2n) is 5.66. The lowest BCUT2D eigenvalue weighted by atomic mass is 10.1. The SMILES string of the molecule is CC[N+](C)(C)CCOC(=O)c1oc2ccccc2c1C.[I-]. The van der Waals surface area contributed by atoms with Gasteiger partial charge in [0.1, 0.15) is 18.7 Å². The van der Waals surface area contributed by atoms with Crippen LogP contribution in [0.15, 0.2) is 28.7 Å². The van der Waals surface area contributed by atoms with Crippen molar-refractivity contribution in [1.82, 2.24) is 0 Å². The zero-order valence-corrected chi connectivity index (χ0v) is 15.1. The summed E-state index contributed by atoms with van der Waals surface area (Å²) >= 11 is 0. The van der Waals surface area contributed by atoms with Crippen LogP contribution in [0.25, 0.3) is 11.0 Å². The highest BCUT2D eigenvalue weighted by Crippen LogP contribution is 2.25. The molecule has 0 aliphatic carbocycles. The molecule has 21 heavy (non-hydrogen) atoms. The summed E-state index contributed by atoms with van der Waals surface area (Å²) in [6.45, 7) is 6.19. The average Bonchev–Trinajstić information content (AvgIpc) is 2.76. The largest absolute Gasteiger partial charge is 1.00 e. The Morgan fingerprint density at radius 2 is 1.95 bits per heavy atom. The molecule has 0 atom stereocenters. The number of hydrogen-bond donors (Lipinski definition) is 0. The molecule has 1 aromatic carbocycles. The summed E-state index contributed by atoms with van der Waals surface area (Å²) in [7, 11) is 4.22.